The first kappa shape index (κ1) is 26.3. The molecule has 220 valence electrons. The highest BCUT2D eigenvalue weighted by molar-refractivity contribution is 7.26. The van der Waals surface area contributed by atoms with Crippen molar-refractivity contribution in [2.75, 3.05) is 4.90 Å². The Balaban J connectivity index is 1.20. The summed E-state index contributed by atoms with van der Waals surface area (Å²) in [6.07, 6.45) is 0. The van der Waals surface area contributed by atoms with Crippen LogP contribution in [-0.2, 0) is 0 Å². The second kappa shape index (κ2) is 10.3. The Hall–Kier alpha value is -5.90. The summed E-state index contributed by atoms with van der Waals surface area (Å²) < 4.78 is 8.88. The molecular formula is C44H27NOS. The van der Waals surface area contributed by atoms with Crippen LogP contribution in [0.5, 0.6) is 0 Å². The minimum atomic E-state index is 0.894. The third kappa shape index (κ3) is 4.10. The van der Waals surface area contributed by atoms with Crippen molar-refractivity contribution in [2.24, 2.45) is 0 Å². The van der Waals surface area contributed by atoms with E-state index >= 15 is 0 Å². The molecule has 2 nitrogen and oxygen atoms in total. The van der Waals surface area contributed by atoms with Gasteiger partial charge in [-0.15, -0.1) is 11.3 Å². The molecule has 0 atom stereocenters. The highest BCUT2D eigenvalue weighted by atomic mass is 32.1. The highest BCUT2D eigenvalue weighted by Crippen LogP contribution is 2.45. The molecule has 0 aliphatic carbocycles. The highest BCUT2D eigenvalue weighted by Gasteiger charge is 2.19. The summed E-state index contributed by atoms with van der Waals surface area (Å²) >= 11 is 1.87. The summed E-state index contributed by atoms with van der Waals surface area (Å²) in [6, 6.07) is 59.1. The van der Waals surface area contributed by atoms with E-state index in [-0.39, 0.29) is 0 Å². The molecular weight excluding hydrogens is 591 g/mol. The van der Waals surface area contributed by atoms with Crippen molar-refractivity contribution >= 4 is 92.1 Å². The van der Waals surface area contributed by atoms with Crippen LogP contribution in [0.15, 0.2) is 168 Å². The number of anilines is 3. The zero-order valence-corrected chi connectivity index (χ0v) is 26.2. The zero-order chi connectivity index (χ0) is 30.9. The van der Waals surface area contributed by atoms with Gasteiger partial charge in [0, 0.05) is 47.7 Å². The molecule has 8 aromatic carbocycles. The molecule has 0 amide bonds. The normalized spacial score (nSPS) is 11.8. The molecule has 0 saturated heterocycles. The lowest BCUT2D eigenvalue weighted by atomic mass is 9.98. The number of benzene rings is 8. The first-order valence-corrected chi connectivity index (χ1v) is 16.7. The quantitative estimate of drug-likeness (QED) is 0.183. The predicted molar refractivity (Wildman–Crippen MR) is 202 cm³/mol. The fourth-order valence-electron chi connectivity index (χ4n) is 7.26. The number of hydrogen-bond acceptors (Lipinski definition) is 3. The minimum Gasteiger partial charge on any atom is -0.456 e. The molecule has 3 heteroatoms. The van der Waals surface area contributed by atoms with Crippen molar-refractivity contribution in [3.05, 3.63) is 164 Å². The first-order valence-electron chi connectivity index (χ1n) is 15.9. The van der Waals surface area contributed by atoms with E-state index in [9.17, 15) is 0 Å². The lowest BCUT2D eigenvalue weighted by Gasteiger charge is -2.28. The van der Waals surface area contributed by atoms with Crippen LogP contribution in [0.4, 0.5) is 17.1 Å². The molecule has 2 heterocycles. The van der Waals surface area contributed by atoms with Crippen molar-refractivity contribution in [1.29, 1.82) is 0 Å². The van der Waals surface area contributed by atoms with Gasteiger partial charge in [0.25, 0.3) is 0 Å². The predicted octanol–water partition coefficient (Wildman–Crippen LogP) is 13.4. The van der Waals surface area contributed by atoms with E-state index in [4.69, 9.17) is 4.42 Å². The Morgan fingerprint density at radius 3 is 1.96 bits per heavy atom. The Bertz CT molecular complexity index is 2810. The van der Waals surface area contributed by atoms with E-state index in [1.165, 1.54) is 52.8 Å². The van der Waals surface area contributed by atoms with Gasteiger partial charge in [0.1, 0.15) is 11.2 Å². The van der Waals surface area contributed by atoms with Crippen LogP contribution < -0.4 is 4.90 Å². The molecule has 47 heavy (non-hydrogen) atoms. The second-order valence-electron chi connectivity index (χ2n) is 12.1. The summed E-state index contributed by atoms with van der Waals surface area (Å²) in [5.74, 6) is 0. The van der Waals surface area contributed by atoms with E-state index in [0.29, 0.717) is 0 Å². The number of para-hydroxylation sites is 1. The maximum absolute atomic E-state index is 6.23. The summed E-state index contributed by atoms with van der Waals surface area (Å²) in [7, 11) is 0. The molecule has 0 aliphatic heterocycles. The van der Waals surface area contributed by atoms with E-state index in [2.05, 4.69) is 157 Å². The summed E-state index contributed by atoms with van der Waals surface area (Å²) in [6.45, 7) is 0. The molecule has 0 bridgehead atoms. The van der Waals surface area contributed by atoms with E-state index < -0.39 is 0 Å². The largest absolute Gasteiger partial charge is 0.456 e. The third-order valence-electron chi connectivity index (χ3n) is 9.45. The maximum Gasteiger partial charge on any atom is 0.135 e. The van der Waals surface area contributed by atoms with Gasteiger partial charge in [0.05, 0.1) is 5.69 Å². The van der Waals surface area contributed by atoms with Gasteiger partial charge in [0.15, 0.2) is 0 Å². The fraction of sp³-hybridized carbons (Fsp3) is 0. The van der Waals surface area contributed by atoms with Crippen molar-refractivity contribution in [1.82, 2.24) is 0 Å². The minimum absolute atomic E-state index is 0.894. The van der Waals surface area contributed by atoms with Crippen molar-refractivity contribution < 1.29 is 4.42 Å². The second-order valence-corrected chi connectivity index (χ2v) is 13.2. The number of fused-ring (bicyclic) bond motifs is 9. The van der Waals surface area contributed by atoms with Gasteiger partial charge < -0.3 is 9.32 Å². The van der Waals surface area contributed by atoms with Crippen LogP contribution in [0.25, 0.3) is 74.8 Å². The number of thiophene rings is 1. The number of furan rings is 1. The Morgan fingerprint density at radius 1 is 0.426 bits per heavy atom. The van der Waals surface area contributed by atoms with Gasteiger partial charge in [-0.05, 0) is 75.8 Å². The van der Waals surface area contributed by atoms with Gasteiger partial charge in [-0.25, -0.2) is 0 Å². The molecule has 10 aromatic rings. The number of hydrogen-bond donors (Lipinski definition) is 0. The van der Waals surface area contributed by atoms with Gasteiger partial charge >= 0.3 is 0 Å². The number of nitrogens with zero attached hydrogens (tertiary/aromatic N) is 1. The molecule has 0 aliphatic rings. The van der Waals surface area contributed by atoms with Crippen LogP contribution in [0.1, 0.15) is 0 Å². The summed E-state index contributed by atoms with van der Waals surface area (Å²) in [5, 5.41) is 9.81. The average molecular weight is 618 g/mol. The van der Waals surface area contributed by atoms with Crippen molar-refractivity contribution in [3.63, 3.8) is 0 Å². The lowest BCUT2D eigenvalue weighted by Crippen LogP contribution is -2.10. The van der Waals surface area contributed by atoms with E-state index in [0.717, 1.165) is 39.0 Å². The van der Waals surface area contributed by atoms with Crippen molar-refractivity contribution in [3.8, 4) is 11.1 Å². The summed E-state index contributed by atoms with van der Waals surface area (Å²) in [4.78, 5) is 2.40. The topological polar surface area (TPSA) is 16.4 Å². The van der Waals surface area contributed by atoms with Gasteiger partial charge in [-0.2, -0.15) is 0 Å². The fourth-order valence-corrected chi connectivity index (χ4v) is 8.50. The first-order chi connectivity index (χ1) is 23.3. The Morgan fingerprint density at radius 2 is 1.09 bits per heavy atom. The monoisotopic (exact) mass is 617 g/mol. The number of rotatable bonds is 4. The van der Waals surface area contributed by atoms with Gasteiger partial charge in [-0.1, -0.05) is 115 Å². The van der Waals surface area contributed by atoms with Gasteiger partial charge in [-0.3, -0.25) is 0 Å². The average Bonchev–Trinajstić information content (AvgIpc) is 3.70. The Kier molecular flexibility index (Phi) is 5.78. The van der Waals surface area contributed by atoms with Crippen LogP contribution in [0.3, 0.4) is 0 Å². The van der Waals surface area contributed by atoms with Gasteiger partial charge in [0.2, 0.25) is 0 Å². The Labute approximate surface area is 275 Å². The van der Waals surface area contributed by atoms with E-state index in [1.807, 2.05) is 23.5 Å². The molecule has 0 N–H and O–H groups in total. The third-order valence-corrected chi connectivity index (χ3v) is 10.7. The molecule has 0 spiro atoms. The van der Waals surface area contributed by atoms with Crippen LogP contribution >= 0.6 is 11.3 Å². The van der Waals surface area contributed by atoms with Crippen LogP contribution in [-0.4, -0.2) is 0 Å². The SMILES string of the molecule is c1ccc2c(c1)cc(N(c1ccc(-c3cccc4c3sc3ccccc34)cc1)c1ccc3oc4ccccc4c3c1)c1ccccc12. The van der Waals surface area contributed by atoms with Crippen LogP contribution in [0, 0.1) is 0 Å². The summed E-state index contributed by atoms with van der Waals surface area (Å²) in [5.41, 5.74) is 7.61. The molecule has 0 radical (unpaired) electrons. The molecule has 0 saturated carbocycles. The smallest absolute Gasteiger partial charge is 0.135 e. The molecule has 10 rings (SSSR count). The van der Waals surface area contributed by atoms with Crippen molar-refractivity contribution in [2.45, 2.75) is 0 Å². The molecule has 2 aromatic heterocycles. The molecule has 0 fully saturated rings. The lowest BCUT2D eigenvalue weighted by molar-refractivity contribution is 0.669. The molecule has 0 unspecified atom stereocenters. The standard InChI is InChI=1S/C44H27NOS/c1-2-11-32-29(10-1)26-40(35-13-4-3-12-34(32)35)45(31-24-25-42-39(27-31)36-14-5-7-18-41(36)46-42)30-22-20-28(21-23-30)33-16-9-17-38-37-15-6-8-19-43(37)47-44(33)38/h1-27H. The maximum atomic E-state index is 6.23. The van der Waals surface area contributed by atoms with E-state index in [1.54, 1.807) is 0 Å². The zero-order valence-electron chi connectivity index (χ0n) is 25.4. The van der Waals surface area contributed by atoms with Crippen LogP contribution in [0.2, 0.25) is 0 Å².